The summed E-state index contributed by atoms with van der Waals surface area (Å²) in [5.41, 5.74) is 0.296. The summed E-state index contributed by atoms with van der Waals surface area (Å²) in [4.78, 5) is 37.3. The van der Waals surface area contributed by atoms with Gasteiger partial charge in [0, 0.05) is 18.7 Å². The minimum Gasteiger partial charge on any atom is -0.466 e. The van der Waals surface area contributed by atoms with Crippen LogP contribution in [0.4, 0.5) is 4.39 Å². The second-order valence-corrected chi connectivity index (χ2v) is 5.60. The molecule has 7 heteroatoms. The van der Waals surface area contributed by atoms with Gasteiger partial charge in [0.05, 0.1) is 19.1 Å². The molecule has 1 saturated heterocycles. The van der Waals surface area contributed by atoms with Crippen LogP contribution in [0.5, 0.6) is 0 Å². The third-order valence-corrected chi connectivity index (χ3v) is 3.97. The molecule has 6 nitrogen and oxygen atoms in total. The highest BCUT2D eigenvalue weighted by atomic mass is 19.1. The first-order valence-corrected chi connectivity index (χ1v) is 7.99. The molecule has 0 atom stereocenters. The molecule has 0 aromatic heterocycles. The van der Waals surface area contributed by atoms with Gasteiger partial charge in [-0.15, -0.1) is 0 Å². The molecular weight excluding hydrogens is 315 g/mol. The lowest BCUT2D eigenvalue weighted by Gasteiger charge is -2.30. The highest BCUT2D eigenvalue weighted by Crippen LogP contribution is 2.18. The Balaban J connectivity index is 1.76. The van der Waals surface area contributed by atoms with Crippen LogP contribution in [0, 0.1) is 11.7 Å². The standard InChI is InChI=1S/C17H21FN2O4/c1-2-24-17(23)13-7-9-20(10-8-13)15(21)11-19-16(22)12-3-5-14(18)6-4-12/h3-6,13H,2,7-11H2,1H3,(H,19,22). The number of halogens is 1. The van der Waals surface area contributed by atoms with E-state index in [0.29, 0.717) is 38.1 Å². The van der Waals surface area contributed by atoms with Crippen molar-refractivity contribution in [3.05, 3.63) is 35.6 Å². The van der Waals surface area contributed by atoms with Gasteiger partial charge in [-0.2, -0.15) is 0 Å². The second kappa shape index (κ2) is 8.42. The van der Waals surface area contributed by atoms with Crippen LogP contribution >= 0.6 is 0 Å². The number of carbonyl (C=O) groups is 3. The van der Waals surface area contributed by atoms with Crippen molar-refractivity contribution in [2.75, 3.05) is 26.2 Å². The van der Waals surface area contributed by atoms with Crippen LogP contribution < -0.4 is 5.32 Å². The molecule has 0 aliphatic carbocycles. The summed E-state index contributed by atoms with van der Waals surface area (Å²) < 4.78 is 17.8. The maximum Gasteiger partial charge on any atom is 0.309 e. The molecule has 0 bridgehead atoms. The van der Waals surface area contributed by atoms with Crippen molar-refractivity contribution in [1.29, 1.82) is 0 Å². The summed E-state index contributed by atoms with van der Waals surface area (Å²) in [6.45, 7) is 2.93. The fourth-order valence-corrected chi connectivity index (χ4v) is 2.60. The van der Waals surface area contributed by atoms with Gasteiger partial charge in [0.25, 0.3) is 5.91 Å². The van der Waals surface area contributed by atoms with Crippen molar-refractivity contribution in [2.24, 2.45) is 5.92 Å². The van der Waals surface area contributed by atoms with Gasteiger partial charge in [0.15, 0.2) is 0 Å². The Kier molecular flexibility index (Phi) is 6.28. The Morgan fingerprint density at radius 3 is 2.42 bits per heavy atom. The van der Waals surface area contributed by atoms with E-state index in [1.807, 2.05) is 0 Å². The number of hydrogen-bond donors (Lipinski definition) is 1. The molecule has 1 aromatic rings. The van der Waals surface area contributed by atoms with Crippen LogP contribution in [0.1, 0.15) is 30.1 Å². The maximum atomic E-state index is 12.8. The molecule has 0 spiro atoms. The van der Waals surface area contributed by atoms with Crippen LogP contribution in [0.3, 0.4) is 0 Å². The fraction of sp³-hybridized carbons (Fsp3) is 0.471. The van der Waals surface area contributed by atoms with Gasteiger partial charge in [-0.25, -0.2) is 4.39 Å². The molecule has 0 saturated carbocycles. The fourth-order valence-electron chi connectivity index (χ4n) is 2.60. The van der Waals surface area contributed by atoms with E-state index in [2.05, 4.69) is 5.32 Å². The molecule has 0 unspecified atom stereocenters. The number of likely N-dealkylation sites (tertiary alicyclic amines) is 1. The smallest absolute Gasteiger partial charge is 0.309 e. The maximum absolute atomic E-state index is 12.8. The molecule has 1 fully saturated rings. The zero-order valence-electron chi connectivity index (χ0n) is 13.6. The van der Waals surface area contributed by atoms with Crippen molar-refractivity contribution >= 4 is 17.8 Å². The third-order valence-electron chi connectivity index (χ3n) is 3.97. The molecule has 130 valence electrons. The summed E-state index contributed by atoms with van der Waals surface area (Å²) in [7, 11) is 0. The Morgan fingerprint density at radius 2 is 1.83 bits per heavy atom. The zero-order chi connectivity index (χ0) is 17.5. The summed E-state index contributed by atoms with van der Waals surface area (Å²) in [6, 6.07) is 5.10. The minimum atomic E-state index is -0.426. The number of esters is 1. The number of nitrogens with one attached hydrogen (secondary N) is 1. The summed E-state index contributed by atoms with van der Waals surface area (Å²) in [5, 5.41) is 2.53. The molecular formula is C17H21FN2O4. The van der Waals surface area contributed by atoms with Gasteiger partial charge in [-0.1, -0.05) is 0 Å². The highest BCUT2D eigenvalue weighted by molar-refractivity contribution is 5.96. The van der Waals surface area contributed by atoms with Crippen LogP contribution in [0.2, 0.25) is 0 Å². The van der Waals surface area contributed by atoms with Crippen molar-refractivity contribution in [1.82, 2.24) is 10.2 Å². The molecule has 2 amide bonds. The number of carbonyl (C=O) groups excluding carboxylic acids is 3. The largest absolute Gasteiger partial charge is 0.466 e. The highest BCUT2D eigenvalue weighted by Gasteiger charge is 2.28. The van der Waals surface area contributed by atoms with Gasteiger partial charge in [0.2, 0.25) is 5.91 Å². The lowest BCUT2D eigenvalue weighted by atomic mass is 9.97. The van der Waals surface area contributed by atoms with Crippen molar-refractivity contribution < 1.29 is 23.5 Å². The first kappa shape index (κ1) is 17.9. The number of hydrogen-bond acceptors (Lipinski definition) is 4. The number of rotatable bonds is 5. The Bertz CT molecular complexity index is 595. The molecule has 2 rings (SSSR count). The lowest BCUT2D eigenvalue weighted by molar-refractivity contribution is -0.151. The van der Waals surface area contributed by atoms with Crippen molar-refractivity contribution in [2.45, 2.75) is 19.8 Å². The van der Waals surface area contributed by atoms with E-state index in [4.69, 9.17) is 4.74 Å². The summed E-state index contributed by atoms with van der Waals surface area (Å²) in [6.07, 6.45) is 1.13. The summed E-state index contributed by atoms with van der Waals surface area (Å²) >= 11 is 0. The van der Waals surface area contributed by atoms with E-state index in [0.717, 1.165) is 0 Å². The van der Waals surface area contributed by atoms with E-state index in [1.165, 1.54) is 24.3 Å². The zero-order valence-corrected chi connectivity index (χ0v) is 13.6. The normalized spacial score (nSPS) is 15.0. The SMILES string of the molecule is CCOC(=O)C1CCN(C(=O)CNC(=O)c2ccc(F)cc2)CC1. The predicted octanol–water partition coefficient (Wildman–Crippen LogP) is 1.36. The Hall–Kier alpha value is -2.44. The first-order chi connectivity index (χ1) is 11.5. The second-order valence-electron chi connectivity index (χ2n) is 5.60. The quantitative estimate of drug-likeness (QED) is 0.824. The van der Waals surface area contributed by atoms with Crippen LogP contribution in [0.25, 0.3) is 0 Å². The summed E-state index contributed by atoms with van der Waals surface area (Å²) in [5.74, 6) is -1.43. The average Bonchev–Trinajstić information content (AvgIpc) is 2.60. The van der Waals surface area contributed by atoms with Crippen LogP contribution in [-0.4, -0.2) is 48.9 Å². The van der Waals surface area contributed by atoms with Gasteiger partial charge < -0.3 is 15.0 Å². The number of nitrogens with zero attached hydrogens (tertiary/aromatic N) is 1. The molecule has 1 aliphatic heterocycles. The lowest BCUT2D eigenvalue weighted by Crippen LogP contribution is -2.45. The van der Waals surface area contributed by atoms with E-state index in [9.17, 15) is 18.8 Å². The third kappa shape index (κ3) is 4.78. The topological polar surface area (TPSA) is 75.7 Å². The van der Waals surface area contributed by atoms with E-state index in [-0.39, 0.29) is 24.3 Å². The Labute approximate surface area is 140 Å². The monoisotopic (exact) mass is 336 g/mol. The van der Waals surface area contributed by atoms with Gasteiger partial charge in [0.1, 0.15) is 5.82 Å². The first-order valence-electron chi connectivity index (χ1n) is 7.99. The van der Waals surface area contributed by atoms with Crippen molar-refractivity contribution in [3.63, 3.8) is 0 Å². The molecule has 1 aliphatic rings. The molecule has 0 radical (unpaired) electrons. The van der Waals surface area contributed by atoms with Crippen molar-refractivity contribution in [3.8, 4) is 0 Å². The van der Waals surface area contributed by atoms with E-state index < -0.39 is 11.7 Å². The van der Waals surface area contributed by atoms with E-state index in [1.54, 1.807) is 11.8 Å². The molecule has 24 heavy (non-hydrogen) atoms. The van der Waals surface area contributed by atoms with E-state index >= 15 is 0 Å². The van der Waals surface area contributed by atoms with Crippen LogP contribution in [0.15, 0.2) is 24.3 Å². The molecule has 1 N–H and O–H groups in total. The van der Waals surface area contributed by atoms with Gasteiger partial charge >= 0.3 is 5.97 Å². The number of amides is 2. The van der Waals surface area contributed by atoms with Gasteiger partial charge in [-0.3, -0.25) is 14.4 Å². The number of ether oxygens (including phenoxy) is 1. The van der Waals surface area contributed by atoms with Gasteiger partial charge in [-0.05, 0) is 44.0 Å². The number of benzene rings is 1. The van der Waals surface area contributed by atoms with Crippen LogP contribution in [-0.2, 0) is 14.3 Å². The average molecular weight is 336 g/mol. The number of piperidine rings is 1. The predicted molar refractivity (Wildman–Crippen MR) is 84.7 cm³/mol. The Morgan fingerprint density at radius 1 is 1.21 bits per heavy atom. The molecule has 1 heterocycles. The molecule has 1 aromatic carbocycles. The minimum absolute atomic E-state index is 0.125.